The maximum absolute atomic E-state index is 12.9. The summed E-state index contributed by atoms with van der Waals surface area (Å²) in [6, 6.07) is 8.01. The molecule has 1 saturated heterocycles. The normalized spacial score (nSPS) is 16.4. The summed E-state index contributed by atoms with van der Waals surface area (Å²) < 4.78 is 44.0. The summed E-state index contributed by atoms with van der Waals surface area (Å²) in [5.41, 5.74) is 1.78. The van der Waals surface area contributed by atoms with Gasteiger partial charge in [-0.1, -0.05) is 12.1 Å². The van der Waals surface area contributed by atoms with Crippen LogP contribution in [-0.4, -0.2) is 28.2 Å². The number of allylic oxidation sites excluding steroid dienone is 1. The molecule has 0 bridgehead atoms. The molecule has 0 saturated carbocycles. The fourth-order valence-corrected chi connectivity index (χ4v) is 3.18. The number of rotatable bonds is 3. The molecule has 0 atom stereocenters. The number of aromatic amines is 1. The van der Waals surface area contributed by atoms with Crippen molar-refractivity contribution in [1.29, 1.82) is 0 Å². The van der Waals surface area contributed by atoms with E-state index in [0.29, 0.717) is 22.6 Å². The van der Waals surface area contributed by atoms with Crippen LogP contribution in [0.5, 0.6) is 0 Å². The lowest BCUT2D eigenvalue weighted by Crippen LogP contribution is -2.13. The van der Waals surface area contributed by atoms with Gasteiger partial charge < -0.3 is 9.72 Å². The lowest BCUT2D eigenvalue weighted by Gasteiger charge is -2.18. The summed E-state index contributed by atoms with van der Waals surface area (Å²) in [6.07, 6.45) is 2.82. The van der Waals surface area contributed by atoms with Crippen LogP contribution in [0.3, 0.4) is 0 Å². The molecule has 1 N–H and O–H groups in total. The van der Waals surface area contributed by atoms with Crippen molar-refractivity contribution in [3.8, 4) is 11.1 Å². The van der Waals surface area contributed by atoms with Gasteiger partial charge in [-0.3, -0.25) is 4.98 Å². The number of imidazole rings is 1. The number of hydrogen-bond donors (Lipinski definition) is 1. The van der Waals surface area contributed by atoms with E-state index in [4.69, 9.17) is 4.74 Å². The molecule has 140 valence electrons. The van der Waals surface area contributed by atoms with Crippen molar-refractivity contribution in [2.24, 2.45) is 5.92 Å². The maximum Gasteiger partial charge on any atom is 0.433 e. The van der Waals surface area contributed by atoms with Crippen LogP contribution < -0.4 is 0 Å². The number of nitrogens with zero attached hydrogens (tertiary/aromatic N) is 2. The Hall–Kier alpha value is -2.67. The van der Waals surface area contributed by atoms with E-state index in [1.54, 1.807) is 18.2 Å². The number of ether oxygens (including phenoxy) is 1. The Morgan fingerprint density at radius 3 is 2.63 bits per heavy atom. The van der Waals surface area contributed by atoms with Crippen LogP contribution in [0.25, 0.3) is 28.2 Å². The van der Waals surface area contributed by atoms with E-state index >= 15 is 0 Å². The number of benzene rings is 1. The monoisotopic (exact) mass is 373 g/mol. The summed E-state index contributed by atoms with van der Waals surface area (Å²) in [5.74, 6) is 1.22. The molecule has 0 aliphatic carbocycles. The van der Waals surface area contributed by atoms with Gasteiger partial charge >= 0.3 is 6.18 Å². The SMILES string of the molecule is FC(F)(F)c1cc(-c2ccc3[nH]c(C=CC4CCOCC4)nc3c2)ccn1. The van der Waals surface area contributed by atoms with Crippen LogP contribution in [0.1, 0.15) is 24.4 Å². The van der Waals surface area contributed by atoms with E-state index in [1.165, 1.54) is 6.20 Å². The summed E-state index contributed by atoms with van der Waals surface area (Å²) in [7, 11) is 0. The van der Waals surface area contributed by atoms with Crippen molar-refractivity contribution in [3.63, 3.8) is 0 Å². The van der Waals surface area contributed by atoms with Gasteiger partial charge in [-0.25, -0.2) is 4.98 Å². The third kappa shape index (κ3) is 4.03. The Labute approximate surface area is 154 Å². The highest BCUT2D eigenvalue weighted by molar-refractivity contribution is 5.83. The minimum Gasteiger partial charge on any atom is -0.381 e. The Kier molecular flexibility index (Phi) is 4.70. The highest BCUT2D eigenvalue weighted by Crippen LogP contribution is 2.31. The summed E-state index contributed by atoms with van der Waals surface area (Å²) in [6.45, 7) is 1.56. The van der Waals surface area contributed by atoms with E-state index in [-0.39, 0.29) is 0 Å². The van der Waals surface area contributed by atoms with Crippen LogP contribution in [0.4, 0.5) is 13.2 Å². The molecule has 7 heteroatoms. The first-order valence-corrected chi connectivity index (χ1v) is 8.78. The molecule has 3 aromatic rings. The molecule has 4 nitrogen and oxygen atoms in total. The van der Waals surface area contributed by atoms with Gasteiger partial charge in [-0.2, -0.15) is 13.2 Å². The van der Waals surface area contributed by atoms with Crippen molar-refractivity contribution in [2.75, 3.05) is 13.2 Å². The number of pyridine rings is 1. The zero-order chi connectivity index (χ0) is 18.9. The smallest absolute Gasteiger partial charge is 0.381 e. The summed E-state index contributed by atoms with van der Waals surface area (Å²) in [5, 5.41) is 0. The lowest BCUT2D eigenvalue weighted by atomic mass is 10.00. The number of nitrogens with one attached hydrogen (secondary N) is 1. The zero-order valence-electron chi connectivity index (χ0n) is 14.5. The molecule has 1 aliphatic heterocycles. The Morgan fingerprint density at radius 1 is 1.07 bits per heavy atom. The second-order valence-electron chi connectivity index (χ2n) is 6.59. The van der Waals surface area contributed by atoms with Crippen LogP contribution in [0.2, 0.25) is 0 Å². The van der Waals surface area contributed by atoms with E-state index in [0.717, 1.165) is 43.5 Å². The lowest BCUT2D eigenvalue weighted by molar-refractivity contribution is -0.141. The molecule has 0 amide bonds. The molecule has 2 aromatic heterocycles. The number of H-pyrrole nitrogens is 1. The molecular weight excluding hydrogens is 355 g/mol. The predicted octanol–water partition coefficient (Wildman–Crippen LogP) is 5.08. The van der Waals surface area contributed by atoms with Gasteiger partial charge in [0, 0.05) is 19.4 Å². The van der Waals surface area contributed by atoms with E-state index in [1.807, 2.05) is 12.1 Å². The first-order chi connectivity index (χ1) is 13.0. The summed E-state index contributed by atoms with van der Waals surface area (Å²) in [4.78, 5) is 11.2. The third-order valence-electron chi connectivity index (χ3n) is 4.68. The molecule has 4 rings (SSSR count). The minimum atomic E-state index is -4.46. The average molecular weight is 373 g/mol. The number of fused-ring (bicyclic) bond motifs is 1. The fourth-order valence-electron chi connectivity index (χ4n) is 3.18. The van der Waals surface area contributed by atoms with Gasteiger partial charge in [0.25, 0.3) is 0 Å². The Morgan fingerprint density at radius 2 is 1.85 bits per heavy atom. The standard InChI is InChI=1S/C20H18F3N3O/c21-20(22,23)18-12-15(5-8-24-18)14-2-3-16-17(11-14)26-19(25-16)4-1-13-6-9-27-10-7-13/h1-5,8,11-13H,6-7,9-10H2,(H,25,26). The highest BCUT2D eigenvalue weighted by atomic mass is 19.4. The Bertz CT molecular complexity index is 972. The molecule has 3 heterocycles. The quantitative estimate of drug-likeness (QED) is 0.696. The average Bonchev–Trinajstić information content (AvgIpc) is 3.09. The number of halogens is 3. The molecule has 0 radical (unpaired) electrons. The van der Waals surface area contributed by atoms with Gasteiger partial charge in [-0.05, 0) is 60.2 Å². The molecule has 0 spiro atoms. The van der Waals surface area contributed by atoms with Gasteiger partial charge in [0.2, 0.25) is 0 Å². The zero-order valence-corrected chi connectivity index (χ0v) is 14.5. The molecule has 1 aromatic carbocycles. The van der Waals surface area contributed by atoms with Gasteiger partial charge in [0.15, 0.2) is 0 Å². The van der Waals surface area contributed by atoms with Crippen molar-refractivity contribution < 1.29 is 17.9 Å². The van der Waals surface area contributed by atoms with E-state index in [9.17, 15) is 13.2 Å². The first kappa shape index (κ1) is 17.7. The largest absolute Gasteiger partial charge is 0.433 e. The molecular formula is C20H18F3N3O. The van der Waals surface area contributed by atoms with Crippen LogP contribution in [0, 0.1) is 5.92 Å². The first-order valence-electron chi connectivity index (χ1n) is 8.78. The maximum atomic E-state index is 12.9. The van der Waals surface area contributed by atoms with Crippen molar-refractivity contribution in [3.05, 3.63) is 54.1 Å². The number of alkyl halides is 3. The number of hydrogen-bond acceptors (Lipinski definition) is 3. The minimum absolute atomic E-state index is 0.460. The second kappa shape index (κ2) is 7.15. The van der Waals surface area contributed by atoms with Crippen molar-refractivity contribution in [1.82, 2.24) is 15.0 Å². The summed E-state index contributed by atoms with van der Waals surface area (Å²) >= 11 is 0. The van der Waals surface area contributed by atoms with E-state index < -0.39 is 11.9 Å². The van der Waals surface area contributed by atoms with Crippen LogP contribution in [0.15, 0.2) is 42.6 Å². The van der Waals surface area contributed by atoms with Gasteiger partial charge in [-0.15, -0.1) is 0 Å². The predicted molar refractivity (Wildman–Crippen MR) is 96.9 cm³/mol. The van der Waals surface area contributed by atoms with E-state index in [2.05, 4.69) is 21.0 Å². The highest BCUT2D eigenvalue weighted by Gasteiger charge is 2.32. The fraction of sp³-hybridized carbons (Fsp3) is 0.300. The molecule has 27 heavy (non-hydrogen) atoms. The molecule has 1 aliphatic rings. The molecule has 0 unspecified atom stereocenters. The Balaban J connectivity index is 1.60. The van der Waals surface area contributed by atoms with Gasteiger partial charge in [0.1, 0.15) is 11.5 Å². The third-order valence-corrected chi connectivity index (χ3v) is 4.68. The van der Waals surface area contributed by atoms with Crippen LogP contribution >= 0.6 is 0 Å². The topological polar surface area (TPSA) is 50.8 Å². The van der Waals surface area contributed by atoms with Crippen molar-refractivity contribution in [2.45, 2.75) is 19.0 Å². The van der Waals surface area contributed by atoms with Crippen LogP contribution in [-0.2, 0) is 10.9 Å². The number of aromatic nitrogens is 3. The van der Waals surface area contributed by atoms with Crippen molar-refractivity contribution >= 4 is 17.1 Å². The second-order valence-corrected chi connectivity index (χ2v) is 6.59. The van der Waals surface area contributed by atoms with Gasteiger partial charge in [0.05, 0.1) is 11.0 Å². The molecule has 1 fully saturated rings.